The van der Waals surface area contributed by atoms with E-state index in [4.69, 9.17) is 15.2 Å². The number of nitrogens with one attached hydrogen (secondary N) is 1. The fourth-order valence-electron chi connectivity index (χ4n) is 1.96. The van der Waals surface area contributed by atoms with Crippen LogP contribution in [0.1, 0.15) is 16.9 Å². The van der Waals surface area contributed by atoms with Gasteiger partial charge in [0.05, 0.1) is 13.2 Å². The van der Waals surface area contributed by atoms with Crippen molar-refractivity contribution in [3.05, 3.63) is 36.3 Å². The molecule has 3 rings (SSSR count). The van der Waals surface area contributed by atoms with E-state index in [1.807, 2.05) is 0 Å². The smallest absolute Gasteiger partial charge is 0.278 e. The van der Waals surface area contributed by atoms with Crippen LogP contribution < -0.4 is 20.5 Å². The summed E-state index contributed by atoms with van der Waals surface area (Å²) in [6.07, 6.45) is 3.67. The molecule has 1 aliphatic rings. The standard InChI is InChI=1S/C14H14N4O3/c15-13-12(16-4-5-17-13)14(19)18-9-2-3-10-11(8-9)21-7-1-6-20-10/h2-5,8H,1,6-7H2,(H2,15,17)(H,18,19). The minimum absolute atomic E-state index is 0.0874. The number of carbonyl (C=O) groups excluding carboxylic acids is 1. The number of hydrogen-bond acceptors (Lipinski definition) is 6. The number of nitrogens with zero attached hydrogens (tertiary/aromatic N) is 2. The molecule has 3 N–H and O–H groups in total. The van der Waals surface area contributed by atoms with Gasteiger partial charge in [-0.2, -0.15) is 0 Å². The number of benzene rings is 1. The summed E-state index contributed by atoms with van der Waals surface area (Å²) >= 11 is 0. The van der Waals surface area contributed by atoms with Gasteiger partial charge in [0, 0.05) is 30.6 Å². The summed E-state index contributed by atoms with van der Waals surface area (Å²) in [5.41, 5.74) is 6.29. The van der Waals surface area contributed by atoms with Gasteiger partial charge in [-0.25, -0.2) is 9.97 Å². The Morgan fingerprint density at radius 2 is 1.90 bits per heavy atom. The van der Waals surface area contributed by atoms with Gasteiger partial charge in [-0.15, -0.1) is 0 Å². The Balaban J connectivity index is 1.81. The minimum Gasteiger partial charge on any atom is -0.490 e. The highest BCUT2D eigenvalue weighted by Crippen LogP contribution is 2.32. The van der Waals surface area contributed by atoms with E-state index < -0.39 is 5.91 Å². The van der Waals surface area contributed by atoms with Crippen molar-refractivity contribution in [2.24, 2.45) is 0 Å². The number of fused-ring (bicyclic) bond motifs is 1. The lowest BCUT2D eigenvalue weighted by atomic mass is 10.2. The largest absolute Gasteiger partial charge is 0.490 e. The fraction of sp³-hybridized carbons (Fsp3) is 0.214. The second kappa shape index (κ2) is 5.66. The van der Waals surface area contributed by atoms with Crippen molar-refractivity contribution in [2.45, 2.75) is 6.42 Å². The zero-order chi connectivity index (χ0) is 14.7. The van der Waals surface area contributed by atoms with Gasteiger partial charge in [0.25, 0.3) is 5.91 Å². The summed E-state index contributed by atoms with van der Waals surface area (Å²) in [7, 11) is 0. The van der Waals surface area contributed by atoms with Crippen LogP contribution >= 0.6 is 0 Å². The van der Waals surface area contributed by atoms with Crippen molar-refractivity contribution in [1.29, 1.82) is 0 Å². The molecule has 7 heteroatoms. The Morgan fingerprint density at radius 3 is 2.71 bits per heavy atom. The molecule has 0 spiro atoms. The average Bonchev–Trinajstić information content (AvgIpc) is 2.72. The van der Waals surface area contributed by atoms with Gasteiger partial charge >= 0.3 is 0 Å². The van der Waals surface area contributed by atoms with Crippen LogP contribution in [-0.2, 0) is 0 Å². The van der Waals surface area contributed by atoms with Gasteiger partial charge in [-0.05, 0) is 12.1 Å². The van der Waals surface area contributed by atoms with Gasteiger partial charge in [0.1, 0.15) is 0 Å². The summed E-state index contributed by atoms with van der Waals surface area (Å²) in [6.45, 7) is 1.20. The van der Waals surface area contributed by atoms with Crippen molar-refractivity contribution in [2.75, 3.05) is 24.3 Å². The van der Waals surface area contributed by atoms with Crippen LogP contribution in [0, 0.1) is 0 Å². The van der Waals surface area contributed by atoms with Crippen LogP contribution in [0.3, 0.4) is 0 Å². The molecule has 1 aliphatic heterocycles. The molecule has 0 saturated heterocycles. The molecule has 1 aromatic heterocycles. The van der Waals surface area contributed by atoms with E-state index in [1.54, 1.807) is 18.2 Å². The van der Waals surface area contributed by atoms with Crippen LogP contribution in [0.4, 0.5) is 11.5 Å². The molecule has 1 amide bonds. The van der Waals surface area contributed by atoms with Crippen LogP contribution in [0.15, 0.2) is 30.6 Å². The maximum Gasteiger partial charge on any atom is 0.278 e. The highest BCUT2D eigenvalue weighted by molar-refractivity contribution is 6.05. The number of anilines is 2. The van der Waals surface area contributed by atoms with Crippen molar-refractivity contribution in [3.8, 4) is 11.5 Å². The zero-order valence-electron chi connectivity index (χ0n) is 11.2. The van der Waals surface area contributed by atoms with E-state index in [0.29, 0.717) is 30.4 Å². The highest BCUT2D eigenvalue weighted by Gasteiger charge is 2.15. The van der Waals surface area contributed by atoms with Crippen molar-refractivity contribution in [1.82, 2.24) is 9.97 Å². The molecular weight excluding hydrogens is 272 g/mol. The van der Waals surface area contributed by atoms with E-state index in [1.165, 1.54) is 12.4 Å². The normalized spacial score (nSPS) is 13.3. The number of rotatable bonds is 2. The van der Waals surface area contributed by atoms with Crippen molar-refractivity contribution < 1.29 is 14.3 Å². The van der Waals surface area contributed by atoms with Gasteiger partial charge in [-0.3, -0.25) is 4.79 Å². The molecule has 0 radical (unpaired) electrons. The molecule has 108 valence electrons. The predicted octanol–water partition coefficient (Wildman–Crippen LogP) is 1.47. The fourth-order valence-corrected chi connectivity index (χ4v) is 1.96. The summed E-state index contributed by atoms with van der Waals surface area (Å²) in [5.74, 6) is 0.946. The lowest BCUT2D eigenvalue weighted by Gasteiger charge is -2.10. The molecule has 2 aromatic rings. The lowest BCUT2D eigenvalue weighted by molar-refractivity contribution is 0.102. The molecule has 0 atom stereocenters. The number of carbonyl (C=O) groups is 1. The third kappa shape index (κ3) is 2.86. The monoisotopic (exact) mass is 286 g/mol. The first-order valence-electron chi connectivity index (χ1n) is 6.51. The predicted molar refractivity (Wildman–Crippen MR) is 76.4 cm³/mol. The molecular formula is C14H14N4O3. The number of hydrogen-bond donors (Lipinski definition) is 2. The third-order valence-corrected chi connectivity index (χ3v) is 2.95. The SMILES string of the molecule is Nc1nccnc1C(=O)Nc1ccc2c(c1)OCCCO2. The van der Waals surface area contributed by atoms with Gasteiger partial charge < -0.3 is 20.5 Å². The van der Waals surface area contributed by atoms with E-state index >= 15 is 0 Å². The lowest BCUT2D eigenvalue weighted by Crippen LogP contribution is -2.16. The molecule has 0 fully saturated rings. The molecule has 0 aliphatic carbocycles. The molecule has 21 heavy (non-hydrogen) atoms. The first-order chi connectivity index (χ1) is 10.2. The Labute approximate surface area is 121 Å². The highest BCUT2D eigenvalue weighted by atomic mass is 16.5. The maximum absolute atomic E-state index is 12.1. The van der Waals surface area contributed by atoms with Crippen LogP contribution in [-0.4, -0.2) is 29.1 Å². The van der Waals surface area contributed by atoms with Crippen molar-refractivity contribution >= 4 is 17.4 Å². The van der Waals surface area contributed by atoms with Gasteiger partial charge in [0.2, 0.25) is 0 Å². The molecule has 7 nitrogen and oxygen atoms in total. The zero-order valence-corrected chi connectivity index (χ0v) is 11.2. The van der Waals surface area contributed by atoms with Crippen LogP contribution in [0.2, 0.25) is 0 Å². The van der Waals surface area contributed by atoms with Crippen LogP contribution in [0.5, 0.6) is 11.5 Å². The second-order valence-corrected chi connectivity index (χ2v) is 4.46. The quantitative estimate of drug-likeness (QED) is 0.867. The van der Waals surface area contributed by atoms with Gasteiger partial charge in [0.15, 0.2) is 23.0 Å². The average molecular weight is 286 g/mol. The Kier molecular flexibility index (Phi) is 3.55. The third-order valence-electron chi connectivity index (χ3n) is 2.95. The maximum atomic E-state index is 12.1. The number of aromatic nitrogens is 2. The molecule has 2 heterocycles. The topological polar surface area (TPSA) is 99.4 Å². The molecule has 0 saturated carbocycles. The van der Waals surface area contributed by atoms with Crippen molar-refractivity contribution in [3.63, 3.8) is 0 Å². The first kappa shape index (κ1) is 13.2. The van der Waals surface area contributed by atoms with E-state index in [2.05, 4.69) is 15.3 Å². The summed E-state index contributed by atoms with van der Waals surface area (Å²) in [5, 5.41) is 2.71. The second-order valence-electron chi connectivity index (χ2n) is 4.46. The van der Waals surface area contributed by atoms with E-state index in [-0.39, 0.29) is 11.5 Å². The Morgan fingerprint density at radius 1 is 1.14 bits per heavy atom. The van der Waals surface area contributed by atoms with E-state index in [0.717, 1.165) is 6.42 Å². The first-order valence-corrected chi connectivity index (χ1v) is 6.51. The summed E-state index contributed by atoms with van der Waals surface area (Å²) in [6, 6.07) is 5.21. The molecule has 1 aromatic carbocycles. The molecule has 0 unspecified atom stereocenters. The number of nitrogens with two attached hydrogens (primary N) is 1. The summed E-state index contributed by atoms with van der Waals surface area (Å²) in [4.78, 5) is 19.9. The van der Waals surface area contributed by atoms with E-state index in [9.17, 15) is 4.79 Å². The Hall–Kier alpha value is -2.83. The minimum atomic E-state index is -0.421. The van der Waals surface area contributed by atoms with Gasteiger partial charge in [-0.1, -0.05) is 0 Å². The number of nitrogen functional groups attached to an aromatic ring is 1. The number of amides is 1. The molecule has 0 bridgehead atoms. The summed E-state index contributed by atoms with van der Waals surface area (Å²) < 4.78 is 11.1. The van der Waals surface area contributed by atoms with Crippen LogP contribution in [0.25, 0.3) is 0 Å². The number of ether oxygens (including phenoxy) is 2. The Bertz CT molecular complexity index is 675.